The molecule has 0 fully saturated rings. The van der Waals surface area contributed by atoms with Crippen LogP contribution in [0.1, 0.15) is 42.7 Å². The van der Waals surface area contributed by atoms with Crippen molar-refractivity contribution in [2.45, 2.75) is 32.9 Å². The lowest BCUT2D eigenvalue weighted by Gasteiger charge is -2.33. The van der Waals surface area contributed by atoms with Crippen LogP contribution in [0, 0.1) is 10.1 Å². The Labute approximate surface area is 190 Å². The lowest BCUT2D eigenvalue weighted by Crippen LogP contribution is -2.46. The van der Waals surface area contributed by atoms with Crippen LogP contribution < -0.4 is 10.6 Å². The Kier molecular flexibility index (Phi) is 6.76. The number of allylic oxidation sites excluding steroid dienone is 1. The fraction of sp³-hybridized carbons (Fsp3) is 0.261. The maximum atomic E-state index is 12.8. The molecule has 1 aliphatic heterocycles. The minimum absolute atomic E-state index is 0.124. The number of benzene rings is 2. The van der Waals surface area contributed by atoms with Crippen LogP contribution in [0.4, 0.5) is 16.2 Å². The number of amides is 3. The summed E-state index contributed by atoms with van der Waals surface area (Å²) in [7, 11) is 1.55. The topological polar surface area (TPSA) is 131 Å². The molecule has 33 heavy (non-hydrogen) atoms. The zero-order chi connectivity index (χ0) is 24.3. The van der Waals surface area contributed by atoms with Crippen molar-refractivity contribution < 1.29 is 24.0 Å². The summed E-state index contributed by atoms with van der Waals surface area (Å²) in [6.07, 6.45) is -0.345. The number of rotatable bonds is 6. The van der Waals surface area contributed by atoms with E-state index >= 15 is 0 Å². The van der Waals surface area contributed by atoms with Crippen molar-refractivity contribution in [3.05, 3.63) is 81.0 Å². The summed E-state index contributed by atoms with van der Waals surface area (Å²) < 4.78 is 5.38. The molecule has 1 unspecified atom stereocenters. The first-order valence-corrected chi connectivity index (χ1v) is 10.2. The second-order valence-corrected chi connectivity index (χ2v) is 7.78. The SMILES string of the molecule is CC1=C(C(=O)OC(C)C)C(c2cccc(NC(=O)c3cccc([N+](=O)[O-])c3)c2)NC(=O)N1C. The number of ether oxygens (including phenoxy) is 1. The molecule has 2 N–H and O–H groups in total. The van der Waals surface area contributed by atoms with Crippen LogP contribution in [0.3, 0.4) is 0 Å². The van der Waals surface area contributed by atoms with E-state index in [1.54, 1.807) is 52.1 Å². The van der Waals surface area contributed by atoms with E-state index in [1.165, 1.54) is 29.2 Å². The van der Waals surface area contributed by atoms with Crippen molar-refractivity contribution in [2.75, 3.05) is 12.4 Å². The third-order valence-electron chi connectivity index (χ3n) is 5.11. The van der Waals surface area contributed by atoms with Crippen molar-refractivity contribution >= 4 is 29.3 Å². The van der Waals surface area contributed by atoms with Gasteiger partial charge in [0.15, 0.2) is 0 Å². The zero-order valence-electron chi connectivity index (χ0n) is 18.6. The monoisotopic (exact) mass is 452 g/mol. The summed E-state index contributed by atoms with van der Waals surface area (Å²) in [6, 6.07) is 10.9. The normalized spacial score (nSPS) is 15.8. The molecule has 10 nitrogen and oxygen atoms in total. The van der Waals surface area contributed by atoms with Gasteiger partial charge < -0.3 is 20.3 Å². The second-order valence-electron chi connectivity index (χ2n) is 7.78. The van der Waals surface area contributed by atoms with Crippen molar-refractivity contribution in [1.29, 1.82) is 0 Å². The summed E-state index contributed by atoms with van der Waals surface area (Å²) in [5.41, 5.74) is 1.63. The average molecular weight is 452 g/mol. The van der Waals surface area contributed by atoms with Crippen molar-refractivity contribution in [1.82, 2.24) is 10.2 Å². The molecule has 2 aromatic rings. The summed E-state index contributed by atoms with van der Waals surface area (Å²) in [6.45, 7) is 5.13. The number of hydrogen-bond acceptors (Lipinski definition) is 6. The van der Waals surface area contributed by atoms with E-state index in [2.05, 4.69) is 10.6 Å². The fourth-order valence-corrected chi connectivity index (χ4v) is 3.39. The Hall–Kier alpha value is -4.21. The fourth-order valence-electron chi connectivity index (χ4n) is 3.39. The number of urea groups is 1. The second kappa shape index (κ2) is 9.51. The molecule has 1 aliphatic rings. The molecule has 0 aliphatic carbocycles. The lowest BCUT2D eigenvalue weighted by atomic mass is 9.94. The molecule has 0 saturated heterocycles. The molecular weight excluding hydrogens is 428 g/mol. The number of nitrogens with one attached hydrogen (secondary N) is 2. The third kappa shape index (κ3) is 5.17. The summed E-state index contributed by atoms with van der Waals surface area (Å²) >= 11 is 0. The number of carbonyl (C=O) groups is 3. The molecular formula is C23H24N4O6. The van der Waals surface area contributed by atoms with E-state index < -0.39 is 22.8 Å². The van der Waals surface area contributed by atoms with Crippen LogP contribution in [-0.2, 0) is 9.53 Å². The molecule has 10 heteroatoms. The van der Waals surface area contributed by atoms with E-state index in [9.17, 15) is 24.5 Å². The van der Waals surface area contributed by atoms with E-state index in [0.717, 1.165) is 0 Å². The average Bonchev–Trinajstić information content (AvgIpc) is 2.76. The minimum atomic E-state index is -0.783. The molecule has 3 amide bonds. The molecule has 0 radical (unpaired) electrons. The van der Waals surface area contributed by atoms with E-state index in [1.807, 2.05) is 0 Å². The van der Waals surface area contributed by atoms with E-state index in [0.29, 0.717) is 16.9 Å². The van der Waals surface area contributed by atoms with Gasteiger partial charge in [-0.05, 0) is 44.5 Å². The first kappa shape index (κ1) is 23.5. The van der Waals surface area contributed by atoms with Gasteiger partial charge in [-0.1, -0.05) is 18.2 Å². The molecule has 2 aromatic carbocycles. The highest BCUT2D eigenvalue weighted by Gasteiger charge is 2.35. The van der Waals surface area contributed by atoms with Gasteiger partial charge in [0.25, 0.3) is 11.6 Å². The van der Waals surface area contributed by atoms with Gasteiger partial charge in [0.2, 0.25) is 0 Å². The molecule has 0 saturated carbocycles. The molecule has 3 rings (SSSR count). The van der Waals surface area contributed by atoms with Gasteiger partial charge in [0, 0.05) is 36.1 Å². The first-order valence-electron chi connectivity index (χ1n) is 10.2. The Morgan fingerprint density at radius 1 is 1.18 bits per heavy atom. The molecule has 0 aromatic heterocycles. The predicted octanol–water partition coefficient (Wildman–Crippen LogP) is 3.77. The number of non-ortho nitro benzene ring substituents is 1. The van der Waals surface area contributed by atoms with Gasteiger partial charge in [-0.25, -0.2) is 9.59 Å². The molecule has 1 atom stereocenters. The Morgan fingerprint density at radius 3 is 2.55 bits per heavy atom. The summed E-state index contributed by atoms with van der Waals surface area (Å²) in [5, 5.41) is 16.5. The highest BCUT2D eigenvalue weighted by atomic mass is 16.6. The molecule has 0 bridgehead atoms. The Morgan fingerprint density at radius 2 is 1.88 bits per heavy atom. The van der Waals surface area contributed by atoms with E-state index in [-0.39, 0.29) is 29.0 Å². The van der Waals surface area contributed by atoms with Crippen LogP contribution >= 0.6 is 0 Å². The number of esters is 1. The Bertz CT molecular complexity index is 1160. The van der Waals surface area contributed by atoms with Gasteiger partial charge in [-0.2, -0.15) is 0 Å². The largest absolute Gasteiger partial charge is 0.459 e. The van der Waals surface area contributed by atoms with Crippen molar-refractivity contribution in [2.24, 2.45) is 0 Å². The number of anilines is 1. The predicted molar refractivity (Wildman–Crippen MR) is 120 cm³/mol. The van der Waals surface area contributed by atoms with Gasteiger partial charge >= 0.3 is 12.0 Å². The number of nitro benzene ring substituents is 1. The number of nitro groups is 1. The number of carbonyl (C=O) groups excluding carboxylic acids is 3. The molecule has 172 valence electrons. The quantitative estimate of drug-likeness (QED) is 0.390. The maximum absolute atomic E-state index is 12.8. The highest BCUT2D eigenvalue weighted by molar-refractivity contribution is 6.04. The van der Waals surface area contributed by atoms with Crippen LogP contribution in [0.5, 0.6) is 0 Å². The summed E-state index contributed by atoms with van der Waals surface area (Å²) in [4.78, 5) is 49.6. The smallest absolute Gasteiger partial charge is 0.338 e. The van der Waals surface area contributed by atoms with Crippen LogP contribution in [0.15, 0.2) is 59.8 Å². The highest BCUT2D eigenvalue weighted by Crippen LogP contribution is 2.32. The van der Waals surface area contributed by atoms with Crippen LogP contribution in [0.2, 0.25) is 0 Å². The number of hydrogen-bond donors (Lipinski definition) is 2. The summed E-state index contributed by atoms with van der Waals surface area (Å²) in [5.74, 6) is -1.08. The van der Waals surface area contributed by atoms with Crippen LogP contribution in [0.25, 0.3) is 0 Å². The van der Waals surface area contributed by atoms with Gasteiger partial charge in [-0.15, -0.1) is 0 Å². The van der Waals surface area contributed by atoms with Gasteiger partial charge in [-0.3, -0.25) is 14.9 Å². The molecule has 1 heterocycles. The number of nitrogens with zero attached hydrogens (tertiary/aromatic N) is 2. The zero-order valence-corrected chi connectivity index (χ0v) is 18.6. The maximum Gasteiger partial charge on any atom is 0.338 e. The first-order chi connectivity index (χ1) is 15.6. The lowest BCUT2D eigenvalue weighted by molar-refractivity contribution is -0.384. The minimum Gasteiger partial charge on any atom is -0.459 e. The molecule has 0 spiro atoms. The van der Waals surface area contributed by atoms with Gasteiger partial charge in [0.05, 0.1) is 22.6 Å². The van der Waals surface area contributed by atoms with E-state index in [4.69, 9.17) is 4.74 Å². The van der Waals surface area contributed by atoms with Crippen LogP contribution in [-0.4, -0.2) is 40.9 Å². The standard InChI is InChI=1S/C23H24N4O6/c1-13(2)33-22(29)19-14(3)26(4)23(30)25-20(19)15-7-5-9-17(11-15)24-21(28)16-8-6-10-18(12-16)27(31)32/h5-13,20H,1-4H3,(H,24,28)(H,25,30). The third-order valence-corrected chi connectivity index (χ3v) is 5.11. The van der Waals surface area contributed by atoms with Gasteiger partial charge in [0.1, 0.15) is 0 Å². The van der Waals surface area contributed by atoms with Crippen molar-refractivity contribution in [3.8, 4) is 0 Å². The van der Waals surface area contributed by atoms with Crippen molar-refractivity contribution in [3.63, 3.8) is 0 Å². The Balaban J connectivity index is 1.92.